The Morgan fingerprint density at radius 2 is 1.80 bits per heavy atom. The number of carbonyl (C=O) groups excluding carboxylic acids is 2. The quantitative estimate of drug-likeness (QED) is 0.601. The van der Waals surface area contributed by atoms with Gasteiger partial charge in [0, 0.05) is 17.8 Å². The van der Waals surface area contributed by atoms with Gasteiger partial charge in [0.05, 0.1) is 6.42 Å². The van der Waals surface area contributed by atoms with Gasteiger partial charge in [0.25, 0.3) is 0 Å². The fourth-order valence-corrected chi connectivity index (χ4v) is 2.19. The summed E-state index contributed by atoms with van der Waals surface area (Å²) in [6, 6.07) is 15.2. The maximum atomic E-state index is 11.9. The van der Waals surface area contributed by atoms with Crippen molar-refractivity contribution < 1.29 is 9.59 Å². The molecule has 2 aromatic rings. The van der Waals surface area contributed by atoms with Crippen molar-refractivity contribution >= 4 is 23.3 Å². The van der Waals surface area contributed by atoms with E-state index >= 15 is 0 Å². The Labute approximate surface area is 147 Å². The van der Waals surface area contributed by atoms with Crippen molar-refractivity contribution in [2.75, 3.05) is 5.32 Å². The van der Waals surface area contributed by atoms with Crippen LogP contribution in [0, 0.1) is 6.92 Å². The molecule has 0 unspecified atom stereocenters. The predicted molar refractivity (Wildman–Crippen MR) is 98.2 cm³/mol. The monoisotopic (exact) mass is 338 g/mol. The van der Waals surface area contributed by atoms with Gasteiger partial charge in [-0.3, -0.25) is 9.59 Å². The summed E-state index contributed by atoms with van der Waals surface area (Å²) in [4.78, 5) is 28.0. The second-order valence-electron chi connectivity index (χ2n) is 5.76. The highest BCUT2D eigenvalue weighted by atomic mass is 16.2. The van der Waals surface area contributed by atoms with E-state index in [9.17, 15) is 9.59 Å². The van der Waals surface area contributed by atoms with Crippen molar-refractivity contribution in [2.24, 2.45) is 5.10 Å². The molecule has 0 saturated carbocycles. The second-order valence-corrected chi connectivity index (χ2v) is 5.76. The van der Waals surface area contributed by atoms with Crippen LogP contribution in [0.1, 0.15) is 31.0 Å². The van der Waals surface area contributed by atoms with Gasteiger partial charge < -0.3 is 5.32 Å². The number of carbonyl (C=O) groups is 2. The van der Waals surface area contributed by atoms with E-state index in [1.165, 1.54) is 0 Å². The lowest BCUT2D eigenvalue weighted by Crippen LogP contribution is -2.22. The number of anilines is 1. The maximum Gasteiger partial charge on any atom is 0.240 e. The first-order chi connectivity index (χ1) is 12.0. The summed E-state index contributed by atoms with van der Waals surface area (Å²) in [6.45, 7) is 3.55. The Morgan fingerprint density at radius 3 is 2.52 bits per heavy atom. The molecule has 0 aliphatic heterocycles. The topological polar surface area (TPSA) is 83.4 Å². The molecule has 1 aromatic heterocycles. The van der Waals surface area contributed by atoms with Crippen LogP contribution in [0.25, 0.3) is 0 Å². The van der Waals surface area contributed by atoms with E-state index in [2.05, 4.69) is 20.8 Å². The molecule has 130 valence electrons. The van der Waals surface area contributed by atoms with Crippen LogP contribution < -0.4 is 10.7 Å². The molecule has 0 saturated heterocycles. The molecule has 6 heteroatoms. The summed E-state index contributed by atoms with van der Waals surface area (Å²) in [5, 5.41) is 6.68. The zero-order chi connectivity index (χ0) is 18.1. The van der Waals surface area contributed by atoms with Crippen LogP contribution in [0.4, 0.5) is 5.82 Å². The van der Waals surface area contributed by atoms with Gasteiger partial charge in [0.2, 0.25) is 11.8 Å². The Bertz CT molecular complexity index is 757. The highest BCUT2D eigenvalue weighted by Crippen LogP contribution is 2.05. The van der Waals surface area contributed by atoms with Gasteiger partial charge in [-0.05, 0) is 38.0 Å². The van der Waals surface area contributed by atoms with Gasteiger partial charge in [-0.2, -0.15) is 5.10 Å². The summed E-state index contributed by atoms with van der Waals surface area (Å²) in [5.41, 5.74) is 4.94. The first kappa shape index (κ1) is 18.3. The Hall–Kier alpha value is -3.02. The molecule has 1 heterocycles. The maximum absolute atomic E-state index is 11.9. The molecule has 2 rings (SSSR count). The summed E-state index contributed by atoms with van der Waals surface area (Å²) in [5.74, 6) is 0.103. The number of amides is 2. The molecule has 2 amide bonds. The fourth-order valence-electron chi connectivity index (χ4n) is 2.19. The fraction of sp³-hybridized carbons (Fsp3) is 0.263. The highest BCUT2D eigenvalue weighted by molar-refractivity contribution is 6.05. The summed E-state index contributed by atoms with van der Waals surface area (Å²) in [6.07, 6.45) is 1.09. The lowest BCUT2D eigenvalue weighted by molar-refractivity contribution is -0.121. The molecular weight excluding hydrogens is 316 g/mol. The number of aryl methyl sites for hydroxylation is 2. The average Bonchev–Trinajstić information content (AvgIpc) is 2.59. The van der Waals surface area contributed by atoms with Crippen molar-refractivity contribution in [3.8, 4) is 0 Å². The van der Waals surface area contributed by atoms with Gasteiger partial charge in [-0.1, -0.05) is 36.4 Å². The van der Waals surface area contributed by atoms with E-state index in [1.54, 1.807) is 13.0 Å². The average molecular weight is 338 g/mol. The number of rotatable bonds is 7. The van der Waals surface area contributed by atoms with E-state index < -0.39 is 0 Å². The minimum Gasteiger partial charge on any atom is -0.310 e. The van der Waals surface area contributed by atoms with E-state index in [-0.39, 0.29) is 18.2 Å². The van der Waals surface area contributed by atoms with Crippen LogP contribution in [0.5, 0.6) is 0 Å². The van der Waals surface area contributed by atoms with Gasteiger partial charge in [-0.15, -0.1) is 0 Å². The zero-order valence-electron chi connectivity index (χ0n) is 14.5. The predicted octanol–water partition coefficient (Wildman–Crippen LogP) is 2.84. The summed E-state index contributed by atoms with van der Waals surface area (Å²) < 4.78 is 0. The van der Waals surface area contributed by atoms with E-state index in [1.807, 2.05) is 49.4 Å². The van der Waals surface area contributed by atoms with Gasteiger partial charge in [-0.25, -0.2) is 10.4 Å². The number of benzene rings is 1. The molecule has 0 aliphatic carbocycles. The molecule has 0 spiro atoms. The van der Waals surface area contributed by atoms with E-state index in [4.69, 9.17) is 0 Å². The van der Waals surface area contributed by atoms with Crippen LogP contribution in [0.3, 0.4) is 0 Å². The Morgan fingerprint density at radius 1 is 1.04 bits per heavy atom. The van der Waals surface area contributed by atoms with Crippen LogP contribution in [0.15, 0.2) is 53.6 Å². The third kappa shape index (κ3) is 6.95. The molecule has 0 fully saturated rings. The molecule has 25 heavy (non-hydrogen) atoms. The van der Waals surface area contributed by atoms with Crippen LogP contribution >= 0.6 is 0 Å². The number of hydrogen-bond donors (Lipinski definition) is 2. The van der Waals surface area contributed by atoms with Crippen molar-refractivity contribution in [1.82, 2.24) is 10.4 Å². The molecule has 0 aliphatic rings. The standard InChI is InChI=1S/C19H22N4O2/c1-14-7-6-10-17(20-14)21-19(25)13-15(2)22-23-18(24)12-11-16-8-4-3-5-9-16/h3-10H,11-13H2,1-2H3,(H,23,24)(H,20,21,25). The highest BCUT2D eigenvalue weighted by Gasteiger charge is 2.07. The van der Waals surface area contributed by atoms with E-state index in [0.29, 0.717) is 24.4 Å². The number of hydrogen-bond acceptors (Lipinski definition) is 4. The van der Waals surface area contributed by atoms with Gasteiger partial charge in [0.1, 0.15) is 5.82 Å². The van der Waals surface area contributed by atoms with Crippen LogP contribution in [0.2, 0.25) is 0 Å². The number of aromatic nitrogens is 1. The third-order valence-electron chi connectivity index (χ3n) is 3.43. The number of nitrogens with one attached hydrogen (secondary N) is 2. The Kier molecular flexibility index (Phi) is 6.83. The SMILES string of the molecule is CC(CC(=O)Nc1cccc(C)n1)=NNC(=O)CCc1ccccc1. The van der Waals surface area contributed by atoms with E-state index in [0.717, 1.165) is 11.3 Å². The first-order valence-electron chi connectivity index (χ1n) is 8.12. The number of hydrazone groups is 1. The van der Waals surface area contributed by atoms with Crippen LogP contribution in [-0.4, -0.2) is 22.5 Å². The van der Waals surface area contributed by atoms with Crippen molar-refractivity contribution in [2.45, 2.75) is 33.1 Å². The summed E-state index contributed by atoms with van der Waals surface area (Å²) in [7, 11) is 0. The number of nitrogens with zero attached hydrogens (tertiary/aromatic N) is 2. The first-order valence-corrected chi connectivity index (χ1v) is 8.12. The smallest absolute Gasteiger partial charge is 0.240 e. The van der Waals surface area contributed by atoms with Crippen molar-refractivity contribution in [1.29, 1.82) is 0 Å². The molecule has 0 bridgehead atoms. The normalized spacial score (nSPS) is 11.0. The van der Waals surface area contributed by atoms with Crippen molar-refractivity contribution in [3.63, 3.8) is 0 Å². The Balaban J connectivity index is 1.74. The molecule has 6 nitrogen and oxygen atoms in total. The van der Waals surface area contributed by atoms with Crippen LogP contribution in [-0.2, 0) is 16.0 Å². The lowest BCUT2D eigenvalue weighted by Gasteiger charge is -2.05. The minimum absolute atomic E-state index is 0.0919. The minimum atomic E-state index is -0.224. The van der Waals surface area contributed by atoms with Gasteiger partial charge in [0.15, 0.2) is 0 Å². The second kappa shape index (κ2) is 9.32. The van der Waals surface area contributed by atoms with Crippen molar-refractivity contribution in [3.05, 3.63) is 59.8 Å². The lowest BCUT2D eigenvalue weighted by atomic mass is 10.1. The van der Waals surface area contributed by atoms with Gasteiger partial charge >= 0.3 is 0 Å². The number of pyridine rings is 1. The molecule has 1 aromatic carbocycles. The molecular formula is C19H22N4O2. The summed E-state index contributed by atoms with van der Waals surface area (Å²) >= 11 is 0. The largest absolute Gasteiger partial charge is 0.310 e. The molecule has 2 N–H and O–H groups in total. The molecule has 0 radical (unpaired) electrons. The molecule has 0 atom stereocenters. The zero-order valence-corrected chi connectivity index (χ0v) is 14.5. The third-order valence-corrected chi connectivity index (χ3v) is 3.43.